The molecular weight excluding hydrogens is 364 g/mol. The molecule has 0 amide bonds. The van der Waals surface area contributed by atoms with Crippen molar-refractivity contribution in [2.24, 2.45) is 28.6 Å². The summed E-state index contributed by atoms with van der Waals surface area (Å²) >= 11 is 0. The average molecular weight is 390 g/mol. The largest absolute Gasteiger partial charge is 0.472 e. The molecule has 7 atom stereocenters. The molecule has 1 saturated heterocycles. The molecule has 4 rings (SSSR count). The molecule has 2 saturated carbocycles. The second kappa shape index (κ2) is 6.44. The van der Waals surface area contributed by atoms with E-state index in [1.807, 2.05) is 13.8 Å². The fourth-order valence-corrected chi connectivity index (χ4v) is 6.17. The van der Waals surface area contributed by atoms with Crippen molar-refractivity contribution in [3.05, 3.63) is 24.2 Å². The number of fused-ring (bicyclic) bond motifs is 3. The zero-order chi connectivity index (χ0) is 20.3. The number of furan rings is 1. The Morgan fingerprint density at radius 1 is 1.29 bits per heavy atom. The molecule has 0 bridgehead atoms. The molecule has 2 heterocycles. The number of aliphatic hydroxyl groups is 1. The molecule has 7 nitrogen and oxygen atoms in total. The smallest absolute Gasteiger partial charge is 0.310 e. The molecule has 3 fully saturated rings. The van der Waals surface area contributed by atoms with E-state index in [4.69, 9.17) is 13.9 Å². The van der Waals surface area contributed by atoms with E-state index in [-0.39, 0.29) is 18.2 Å². The third-order valence-electron chi connectivity index (χ3n) is 7.52. The number of aliphatic hydroxyl groups excluding tert-OH is 1. The van der Waals surface area contributed by atoms with Crippen LogP contribution in [0, 0.1) is 28.6 Å². The Balaban J connectivity index is 1.79. The Kier molecular flexibility index (Phi) is 4.41. The Hall–Kier alpha value is -2.15. The summed E-state index contributed by atoms with van der Waals surface area (Å²) in [5.74, 6) is -2.68. The standard InChI is InChI=1S/C21H26O7/c1-20-6-4-12-19(25)28-15(11-5-7-27-10-11)9-21(12,2)17(20)16(23)14(22)8-13(20)18(24)26-3/h5,7,10,12-15,17,22H,4,6,8-9H2,1-3H3/t12?,13-,14+,15-,17?,20-,21-/m0/s1. The van der Waals surface area contributed by atoms with E-state index >= 15 is 0 Å². The highest BCUT2D eigenvalue weighted by atomic mass is 16.5. The molecular formula is C21H26O7. The van der Waals surface area contributed by atoms with Crippen molar-refractivity contribution in [1.82, 2.24) is 0 Å². The SMILES string of the molecule is COC(=O)[C@@H]1C[C@@H](O)C(=O)C2[C@@]3(C)C[C@@H](c4ccoc4)OC(=O)C3CC[C@]21C. The number of ketones is 1. The van der Waals surface area contributed by atoms with Crippen LogP contribution in [0.15, 0.2) is 23.0 Å². The number of carbonyl (C=O) groups is 3. The topological polar surface area (TPSA) is 103 Å². The van der Waals surface area contributed by atoms with Gasteiger partial charge in [-0.25, -0.2) is 0 Å². The molecule has 3 aliphatic rings. The highest BCUT2D eigenvalue weighted by molar-refractivity contribution is 5.91. The van der Waals surface area contributed by atoms with Gasteiger partial charge in [0.25, 0.3) is 0 Å². The van der Waals surface area contributed by atoms with Crippen LogP contribution in [0.2, 0.25) is 0 Å². The minimum absolute atomic E-state index is 0.0643. The summed E-state index contributed by atoms with van der Waals surface area (Å²) in [6, 6.07) is 1.75. The van der Waals surface area contributed by atoms with Crippen molar-refractivity contribution < 1.29 is 33.4 Å². The minimum Gasteiger partial charge on any atom is -0.472 e. The maximum Gasteiger partial charge on any atom is 0.310 e. The van der Waals surface area contributed by atoms with Crippen molar-refractivity contribution >= 4 is 17.7 Å². The second-order valence-corrected chi connectivity index (χ2v) is 8.95. The molecule has 2 unspecified atom stereocenters. The minimum atomic E-state index is -1.23. The zero-order valence-electron chi connectivity index (χ0n) is 16.3. The Morgan fingerprint density at radius 3 is 2.68 bits per heavy atom. The highest BCUT2D eigenvalue weighted by Crippen LogP contribution is 2.64. The lowest BCUT2D eigenvalue weighted by Gasteiger charge is -2.60. The maximum atomic E-state index is 13.2. The van der Waals surface area contributed by atoms with Gasteiger partial charge in [-0.2, -0.15) is 0 Å². The van der Waals surface area contributed by atoms with Crippen molar-refractivity contribution in [3.8, 4) is 0 Å². The van der Waals surface area contributed by atoms with Crippen LogP contribution in [0.3, 0.4) is 0 Å². The van der Waals surface area contributed by atoms with Crippen LogP contribution in [0.5, 0.6) is 0 Å². The van der Waals surface area contributed by atoms with Gasteiger partial charge >= 0.3 is 11.9 Å². The van der Waals surface area contributed by atoms with Crippen LogP contribution >= 0.6 is 0 Å². The number of rotatable bonds is 2. The van der Waals surface area contributed by atoms with Crippen LogP contribution in [0.25, 0.3) is 0 Å². The lowest BCUT2D eigenvalue weighted by molar-refractivity contribution is -0.207. The van der Waals surface area contributed by atoms with E-state index in [0.717, 1.165) is 5.56 Å². The Bertz CT molecular complexity index is 800. The van der Waals surface area contributed by atoms with E-state index in [9.17, 15) is 19.5 Å². The Morgan fingerprint density at radius 2 is 2.04 bits per heavy atom. The number of hydrogen-bond acceptors (Lipinski definition) is 7. The lowest BCUT2D eigenvalue weighted by Crippen LogP contribution is -2.64. The van der Waals surface area contributed by atoms with Crippen molar-refractivity contribution in [2.45, 2.75) is 51.7 Å². The van der Waals surface area contributed by atoms with E-state index in [2.05, 4.69) is 0 Å². The summed E-state index contributed by atoms with van der Waals surface area (Å²) in [5, 5.41) is 10.5. The highest BCUT2D eigenvalue weighted by Gasteiger charge is 2.67. The first-order valence-corrected chi connectivity index (χ1v) is 9.74. The van der Waals surface area contributed by atoms with E-state index in [1.165, 1.54) is 13.4 Å². The quantitative estimate of drug-likeness (QED) is 0.774. The summed E-state index contributed by atoms with van der Waals surface area (Å²) in [7, 11) is 1.32. The first kappa shape index (κ1) is 19.2. The van der Waals surface area contributed by atoms with Crippen molar-refractivity contribution in [2.75, 3.05) is 7.11 Å². The lowest BCUT2D eigenvalue weighted by atomic mass is 9.43. The van der Waals surface area contributed by atoms with Gasteiger partial charge in [-0.05, 0) is 42.6 Å². The predicted molar refractivity (Wildman–Crippen MR) is 95.7 cm³/mol. The van der Waals surface area contributed by atoms with Crippen molar-refractivity contribution in [3.63, 3.8) is 0 Å². The number of Topliss-reactive ketones (excluding diaryl/α,β-unsaturated/α-hetero) is 1. The average Bonchev–Trinajstić information content (AvgIpc) is 3.18. The van der Waals surface area contributed by atoms with Crippen LogP contribution < -0.4 is 0 Å². The summed E-state index contributed by atoms with van der Waals surface area (Å²) in [6.45, 7) is 3.86. The zero-order valence-corrected chi connectivity index (χ0v) is 16.3. The van der Waals surface area contributed by atoms with E-state index < -0.39 is 46.8 Å². The van der Waals surface area contributed by atoms with Gasteiger partial charge in [0.15, 0.2) is 5.78 Å². The molecule has 0 spiro atoms. The normalized spacial score (nSPS) is 42.9. The molecule has 152 valence electrons. The number of esters is 2. The van der Waals surface area contributed by atoms with Crippen LogP contribution in [-0.2, 0) is 23.9 Å². The fraction of sp³-hybridized carbons (Fsp3) is 0.667. The molecule has 7 heteroatoms. The third kappa shape index (κ3) is 2.55. The predicted octanol–water partition coefficient (Wildman–Crippen LogP) is 2.43. The van der Waals surface area contributed by atoms with Crippen LogP contribution in [-0.4, -0.2) is 36.0 Å². The summed E-state index contributed by atoms with van der Waals surface area (Å²) < 4.78 is 15.8. The van der Waals surface area contributed by atoms with Gasteiger partial charge in [-0.3, -0.25) is 14.4 Å². The van der Waals surface area contributed by atoms with Gasteiger partial charge in [0.2, 0.25) is 0 Å². The number of cyclic esters (lactones) is 1. The first-order chi connectivity index (χ1) is 13.2. The van der Waals surface area contributed by atoms with Crippen LogP contribution in [0.1, 0.15) is 51.2 Å². The molecule has 2 aliphatic carbocycles. The van der Waals surface area contributed by atoms with E-state index in [1.54, 1.807) is 12.3 Å². The van der Waals surface area contributed by atoms with Crippen molar-refractivity contribution in [1.29, 1.82) is 0 Å². The molecule has 1 aromatic rings. The molecule has 28 heavy (non-hydrogen) atoms. The Labute approximate surface area is 163 Å². The molecule has 1 aliphatic heterocycles. The van der Waals surface area contributed by atoms with Gasteiger partial charge in [-0.15, -0.1) is 0 Å². The molecule has 0 radical (unpaired) electrons. The molecule has 1 aromatic heterocycles. The van der Waals surface area contributed by atoms with Gasteiger partial charge in [-0.1, -0.05) is 13.8 Å². The van der Waals surface area contributed by atoms with Crippen LogP contribution in [0.4, 0.5) is 0 Å². The van der Waals surface area contributed by atoms with Gasteiger partial charge in [0, 0.05) is 11.5 Å². The number of carbonyl (C=O) groups excluding carboxylic acids is 3. The maximum absolute atomic E-state index is 13.2. The number of hydrogen-bond donors (Lipinski definition) is 1. The number of methoxy groups -OCH3 is 1. The second-order valence-electron chi connectivity index (χ2n) is 8.95. The third-order valence-corrected chi connectivity index (χ3v) is 7.52. The molecule has 0 aromatic carbocycles. The fourth-order valence-electron chi connectivity index (χ4n) is 6.17. The first-order valence-electron chi connectivity index (χ1n) is 9.74. The van der Waals surface area contributed by atoms with Gasteiger partial charge < -0.3 is 19.0 Å². The van der Waals surface area contributed by atoms with Gasteiger partial charge in [0.1, 0.15) is 12.2 Å². The summed E-state index contributed by atoms with van der Waals surface area (Å²) in [4.78, 5) is 38.6. The monoisotopic (exact) mass is 390 g/mol. The number of ether oxygens (including phenoxy) is 2. The van der Waals surface area contributed by atoms with E-state index in [0.29, 0.717) is 19.3 Å². The summed E-state index contributed by atoms with van der Waals surface area (Å²) in [6.07, 6.45) is 2.88. The summed E-state index contributed by atoms with van der Waals surface area (Å²) in [5.41, 5.74) is -0.656. The van der Waals surface area contributed by atoms with Gasteiger partial charge in [0.05, 0.1) is 31.5 Å². The molecule has 1 N–H and O–H groups in total.